The number of carbonyl (C=O) groups excluding carboxylic acids is 1. The molecule has 1 fully saturated rings. The Hall–Kier alpha value is -1.63. The van der Waals surface area contributed by atoms with E-state index in [2.05, 4.69) is 10.3 Å². The molecule has 0 bridgehead atoms. The number of carbonyl (C=O) groups is 2. The van der Waals surface area contributed by atoms with E-state index in [1.807, 2.05) is 0 Å². The SMILES string of the molecule is O=C(O)CC1CCCN1C(=O)Nc1nc2c(s1)CCCC2. The third-order valence-corrected chi connectivity index (χ3v) is 5.18. The van der Waals surface area contributed by atoms with Crippen LogP contribution in [0.5, 0.6) is 0 Å². The van der Waals surface area contributed by atoms with Gasteiger partial charge in [0, 0.05) is 17.5 Å². The van der Waals surface area contributed by atoms with Crippen molar-refractivity contribution in [2.24, 2.45) is 0 Å². The molecule has 1 aliphatic heterocycles. The number of nitrogens with one attached hydrogen (secondary N) is 1. The van der Waals surface area contributed by atoms with Gasteiger partial charge in [0.2, 0.25) is 0 Å². The van der Waals surface area contributed by atoms with Gasteiger partial charge in [-0.3, -0.25) is 10.1 Å². The van der Waals surface area contributed by atoms with Gasteiger partial charge in [-0.15, -0.1) is 11.3 Å². The first kappa shape index (κ1) is 14.3. The highest BCUT2D eigenvalue weighted by Crippen LogP contribution is 2.30. The summed E-state index contributed by atoms with van der Waals surface area (Å²) >= 11 is 1.55. The number of nitrogens with zero attached hydrogens (tertiary/aromatic N) is 2. The molecule has 0 aromatic carbocycles. The Kier molecular flexibility index (Phi) is 4.10. The molecule has 21 heavy (non-hydrogen) atoms. The van der Waals surface area contributed by atoms with Crippen molar-refractivity contribution in [2.75, 3.05) is 11.9 Å². The Bertz CT molecular complexity index is 534. The maximum atomic E-state index is 12.3. The van der Waals surface area contributed by atoms with Crippen molar-refractivity contribution in [2.45, 2.75) is 51.0 Å². The molecule has 2 N–H and O–H groups in total. The lowest BCUT2D eigenvalue weighted by Crippen LogP contribution is -2.39. The monoisotopic (exact) mass is 309 g/mol. The minimum absolute atomic E-state index is 0.0157. The molecule has 0 spiro atoms. The maximum absolute atomic E-state index is 12.3. The molecule has 2 aliphatic rings. The van der Waals surface area contributed by atoms with Gasteiger partial charge in [0.05, 0.1) is 12.1 Å². The molecule has 2 amide bonds. The third-order valence-electron chi connectivity index (χ3n) is 4.11. The first-order valence-electron chi connectivity index (χ1n) is 7.41. The Labute approximate surface area is 127 Å². The molecule has 7 heteroatoms. The van der Waals surface area contributed by atoms with Crippen molar-refractivity contribution in [3.05, 3.63) is 10.6 Å². The maximum Gasteiger partial charge on any atom is 0.323 e. The Morgan fingerprint density at radius 2 is 2.14 bits per heavy atom. The van der Waals surface area contributed by atoms with Crippen LogP contribution in [0.15, 0.2) is 0 Å². The van der Waals surface area contributed by atoms with E-state index in [1.54, 1.807) is 16.2 Å². The number of hydrogen-bond donors (Lipinski definition) is 2. The van der Waals surface area contributed by atoms with Crippen LogP contribution in [0.2, 0.25) is 0 Å². The fourth-order valence-electron chi connectivity index (χ4n) is 3.09. The summed E-state index contributed by atoms with van der Waals surface area (Å²) in [5.41, 5.74) is 1.12. The molecule has 1 aliphatic carbocycles. The molecule has 1 unspecified atom stereocenters. The number of hydrogen-bond acceptors (Lipinski definition) is 4. The second-order valence-electron chi connectivity index (χ2n) is 5.61. The minimum atomic E-state index is -0.857. The smallest absolute Gasteiger partial charge is 0.323 e. The zero-order valence-electron chi connectivity index (χ0n) is 11.8. The molecule has 1 aromatic heterocycles. The average Bonchev–Trinajstić information content (AvgIpc) is 3.03. The van der Waals surface area contributed by atoms with E-state index in [1.165, 1.54) is 11.3 Å². The van der Waals surface area contributed by atoms with Crippen LogP contribution >= 0.6 is 11.3 Å². The number of aliphatic carboxylic acids is 1. The number of urea groups is 1. The Morgan fingerprint density at radius 1 is 1.33 bits per heavy atom. The lowest BCUT2D eigenvalue weighted by Gasteiger charge is -2.23. The zero-order valence-corrected chi connectivity index (χ0v) is 12.6. The van der Waals surface area contributed by atoms with Crippen LogP contribution in [0.3, 0.4) is 0 Å². The van der Waals surface area contributed by atoms with Gasteiger partial charge in [-0.25, -0.2) is 9.78 Å². The fraction of sp³-hybridized carbons (Fsp3) is 0.643. The van der Waals surface area contributed by atoms with Crippen molar-refractivity contribution in [1.82, 2.24) is 9.88 Å². The van der Waals surface area contributed by atoms with Gasteiger partial charge in [0.25, 0.3) is 0 Å². The third kappa shape index (κ3) is 3.18. The van der Waals surface area contributed by atoms with Crippen LogP contribution in [0, 0.1) is 0 Å². The number of likely N-dealkylation sites (tertiary alicyclic amines) is 1. The lowest BCUT2D eigenvalue weighted by molar-refractivity contribution is -0.137. The summed E-state index contributed by atoms with van der Waals surface area (Å²) in [5.74, 6) is -0.857. The van der Waals surface area contributed by atoms with E-state index < -0.39 is 5.97 Å². The second-order valence-corrected chi connectivity index (χ2v) is 6.70. The number of thiazole rings is 1. The van der Waals surface area contributed by atoms with Crippen molar-refractivity contribution in [3.63, 3.8) is 0 Å². The van der Waals surface area contributed by atoms with Gasteiger partial charge in [0.15, 0.2) is 5.13 Å². The van der Waals surface area contributed by atoms with E-state index in [-0.39, 0.29) is 18.5 Å². The number of rotatable bonds is 3. The van der Waals surface area contributed by atoms with Crippen LogP contribution in [-0.4, -0.2) is 39.6 Å². The highest BCUT2D eigenvalue weighted by molar-refractivity contribution is 7.15. The highest BCUT2D eigenvalue weighted by Gasteiger charge is 2.31. The van der Waals surface area contributed by atoms with E-state index in [0.717, 1.165) is 37.8 Å². The minimum Gasteiger partial charge on any atom is -0.481 e. The normalized spacial score (nSPS) is 21.1. The summed E-state index contributed by atoms with van der Waals surface area (Å²) in [7, 11) is 0. The molecular formula is C14H19N3O3S. The van der Waals surface area contributed by atoms with Crippen molar-refractivity contribution in [1.29, 1.82) is 0 Å². The highest BCUT2D eigenvalue weighted by atomic mass is 32.1. The van der Waals surface area contributed by atoms with E-state index in [4.69, 9.17) is 5.11 Å². The summed E-state index contributed by atoms with van der Waals surface area (Å²) in [5, 5.41) is 12.4. The summed E-state index contributed by atoms with van der Waals surface area (Å²) in [6.07, 6.45) is 6.03. The molecule has 1 atom stereocenters. The van der Waals surface area contributed by atoms with Crippen molar-refractivity contribution >= 4 is 28.5 Å². The van der Waals surface area contributed by atoms with Gasteiger partial charge in [0.1, 0.15) is 0 Å². The quantitative estimate of drug-likeness (QED) is 0.898. The molecule has 2 heterocycles. The number of carboxylic acids is 1. The van der Waals surface area contributed by atoms with Crippen LogP contribution in [0.4, 0.5) is 9.93 Å². The molecule has 114 valence electrons. The first-order valence-corrected chi connectivity index (χ1v) is 8.23. The summed E-state index contributed by atoms with van der Waals surface area (Å²) < 4.78 is 0. The molecular weight excluding hydrogens is 290 g/mol. The van der Waals surface area contributed by atoms with E-state index in [0.29, 0.717) is 11.7 Å². The Balaban J connectivity index is 1.65. The number of carboxylic acid groups (broad SMARTS) is 1. The summed E-state index contributed by atoms with van der Waals surface area (Å²) in [4.78, 5) is 30.6. The molecule has 6 nitrogen and oxygen atoms in total. The van der Waals surface area contributed by atoms with Crippen LogP contribution in [0.25, 0.3) is 0 Å². The number of aromatic nitrogens is 1. The summed E-state index contributed by atoms with van der Waals surface area (Å²) in [6.45, 7) is 0.620. The number of amides is 2. The number of fused-ring (bicyclic) bond motifs is 1. The van der Waals surface area contributed by atoms with Gasteiger partial charge < -0.3 is 10.0 Å². The van der Waals surface area contributed by atoms with Gasteiger partial charge in [-0.05, 0) is 38.5 Å². The van der Waals surface area contributed by atoms with E-state index in [9.17, 15) is 9.59 Å². The van der Waals surface area contributed by atoms with Crippen LogP contribution in [0.1, 0.15) is 42.7 Å². The first-order chi connectivity index (χ1) is 10.1. The van der Waals surface area contributed by atoms with Gasteiger partial charge in [-0.2, -0.15) is 0 Å². The molecule has 1 saturated heterocycles. The molecule has 0 radical (unpaired) electrons. The van der Waals surface area contributed by atoms with Crippen LogP contribution < -0.4 is 5.32 Å². The standard InChI is InChI=1S/C14H19N3O3S/c18-12(19)8-9-4-3-7-17(9)14(20)16-13-15-10-5-1-2-6-11(10)21-13/h9H,1-8H2,(H,18,19)(H,15,16,20). The average molecular weight is 309 g/mol. The molecule has 0 saturated carbocycles. The molecule has 1 aromatic rings. The van der Waals surface area contributed by atoms with Gasteiger partial charge >= 0.3 is 12.0 Å². The predicted molar refractivity (Wildman–Crippen MR) is 79.8 cm³/mol. The lowest BCUT2D eigenvalue weighted by atomic mass is 10.0. The summed E-state index contributed by atoms with van der Waals surface area (Å²) in [6, 6.07) is -0.415. The predicted octanol–water partition coefficient (Wildman–Crippen LogP) is 2.49. The van der Waals surface area contributed by atoms with Crippen molar-refractivity contribution in [3.8, 4) is 0 Å². The van der Waals surface area contributed by atoms with Crippen LogP contribution in [-0.2, 0) is 17.6 Å². The van der Waals surface area contributed by atoms with Crippen molar-refractivity contribution < 1.29 is 14.7 Å². The topological polar surface area (TPSA) is 82.5 Å². The number of aryl methyl sites for hydroxylation is 2. The fourth-order valence-corrected chi connectivity index (χ4v) is 4.13. The van der Waals surface area contributed by atoms with Gasteiger partial charge in [-0.1, -0.05) is 0 Å². The number of anilines is 1. The molecule has 3 rings (SSSR count). The Morgan fingerprint density at radius 3 is 2.90 bits per heavy atom. The van der Waals surface area contributed by atoms with E-state index >= 15 is 0 Å². The second kappa shape index (κ2) is 6.01. The zero-order chi connectivity index (χ0) is 14.8. The largest absolute Gasteiger partial charge is 0.481 e.